The summed E-state index contributed by atoms with van der Waals surface area (Å²) in [6.45, 7) is 7.55. The molecule has 0 aliphatic heterocycles. The zero-order valence-corrected chi connectivity index (χ0v) is 10.7. The summed E-state index contributed by atoms with van der Waals surface area (Å²) >= 11 is 0. The van der Waals surface area contributed by atoms with Crippen molar-refractivity contribution in [2.24, 2.45) is 0 Å². The highest BCUT2D eigenvalue weighted by atomic mass is 15.3. The number of hydrogen-bond donors (Lipinski definition) is 1. The highest BCUT2D eigenvalue weighted by Crippen LogP contribution is 2.34. The molecule has 0 amide bonds. The third-order valence-electron chi connectivity index (χ3n) is 3.84. The predicted octanol–water partition coefficient (Wildman–Crippen LogP) is 2.89. The molecule has 0 bridgehead atoms. The van der Waals surface area contributed by atoms with Crippen LogP contribution in [0.25, 0.3) is 0 Å². The van der Waals surface area contributed by atoms with Crippen molar-refractivity contribution in [3.63, 3.8) is 0 Å². The van der Waals surface area contributed by atoms with Gasteiger partial charge in [-0.15, -0.1) is 0 Å². The first-order chi connectivity index (χ1) is 7.65. The molecule has 0 saturated heterocycles. The van der Waals surface area contributed by atoms with Crippen molar-refractivity contribution in [1.29, 1.82) is 0 Å². The van der Waals surface area contributed by atoms with Crippen molar-refractivity contribution in [3.8, 4) is 0 Å². The minimum Gasteiger partial charge on any atom is -0.307 e. The van der Waals surface area contributed by atoms with E-state index in [0.717, 1.165) is 6.54 Å². The summed E-state index contributed by atoms with van der Waals surface area (Å²) < 4.78 is 2.02. The fourth-order valence-corrected chi connectivity index (χ4v) is 2.30. The van der Waals surface area contributed by atoms with Gasteiger partial charge in [-0.1, -0.05) is 6.92 Å². The normalized spacial score (nSPS) is 18.8. The Kier molecular flexibility index (Phi) is 3.33. The molecule has 90 valence electrons. The zero-order chi connectivity index (χ0) is 11.6. The van der Waals surface area contributed by atoms with E-state index in [0.29, 0.717) is 11.6 Å². The molecule has 0 spiro atoms. The van der Waals surface area contributed by atoms with Crippen molar-refractivity contribution < 1.29 is 0 Å². The van der Waals surface area contributed by atoms with Crippen LogP contribution in [0.2, 0.25) is 0 Å². The minimum absolute atomic E-state index is 0.430. The molecular weight excluding hydrogens is 198 g/mol. The van der Waals surface area contributed by atoms with Gasteiger partial charge in [-0.25, -0.2) is 0 Å². The number of hydrogen-bond acceptors (Lipinski definition) is 2. The van der Waals surface area contributed by atoms with Crippen molar-refractivity contribution in [3.05, 3.63) is 18.0 Å². The van der Waals surface area contributed by atoms with E-state index in [9.17, 15) is 0 Å². The molecule has 3 nitrogen and oxygen atoms in total. The lowest BCUT2D eigenvalue weighted by atomic mass is 9.75. The van der Waals surface area contributed by atoms with Gasteiger partial charge in [0.25, 0.3) is 0 Å². The Morgan fingerprint density at radius 1 is 1.50 bits per heavy atom. The molecule has 1 fully saturated rings. The van der Waals surface area contributed by atoms with Gasteiger partial charge < -0.3 is 5.32 Å². The highest BCUT2D eigenvalue weighted by molar-refractivity contribution is 5.06. The lowest BCUT2D eigenvalue weighted by Gasteiger charge is -2.42. The molecule has 0 aromatic carbocycles. The summed E-state index contributed by atoms with van der Waals surface area (Å²) in [7, 11) is 0. The van der Waals surface area contributed by atoms with E-state index in [1.165, 1.54) is 31.2 Å². The monoisotopic (exact) mass is 221 g/mol. The maximum absolute atomic E-state index is 4.36. The van der Waals surface area contributed by atoms with Crippen LogP contribution in [0.1, 0.15) is 58.1 Å². The van der Waals surface area contributed by atoms with Crippen LogP contribution < -0.4 is 5.32 Å². The summed E-state index contributed by atoms with van der Waals surface area (Å²) in [4.78, 5) is 0. The molecule has 1 aromatic heterocycles. The average molecular weight is 221 g/mol. The van der Waals surface area contributed by atoms with E-state index >= 15 is 0 Å². The summed E-state index contributed by atoms with van der Waals surface area (Å²) in [5.41, 5.74) is 1.73. The first kappa shape index (κ1) is 11.6. The first-order valence-electron chi connectivity index (χ1n) is 6.43. The first-order valence-corrected chi connectivity index (χ1v) is 6.43. The largest absolute Gasteiger partial charge is 0.307 e. The van der Waals surface area contributed by atoms with Crippen LogP contribution in [0.15, 0.2) is 12.4 Å². The van der Waals surface area contributed by atoms with E-state index in [4.69, 9.17) is 0 Å². The van der Waals surface area contributed by atoms with Crippen molar-refractivity contribution in [2.75, 3.05) is 0 Å². The second kappa shape index (κ2) is 4.58. The Balaban J connectivity index is 1.89. The molecule has 0 unspecified atom stereocenters. The summed E-state index contributed by atoms with van der Waals surface area (Å²) in [6.07, 6.45) is 9.43. The third kappa shape index (κ3) is 2.29. The van der Waals surface area contributed by atoms with Gasteiger partial charge in [-0.2, -0.15) is 5.10 Å². The SMILES string of the molecule is CCC1(NCc2cnn(C(C)C)c2)CCC1. The molecular formula is C13H23N3. The summed E-state index contributed by atoms with van der Waals surface area (Å²) in [6, 6.07) is 0.456. The van der Waals surface area contributed by atoms with E-state index in [2.05, 4.69) is 37.4 Å². The van der Waals surface area contributed by atoms with Crippen LogP contribution in [0.3, 0.4) is 0 Å². The van der Waals surface area contributed by atoms with Gasteiger partial charge in [0.2, 0.25) is 0 Å². The Labute approximate surface area is 98.2 Å². The molecule has 1 aliphatic carbocycles. The van der Waals surface area contributed by atoms with Crippen molar-refractivity contribution in [1.82, 2.24) is 15.1 Å². The third-order valence-corrected chi connectivity index (χ3v) is 3.84. The summed E-state index contributed by atoms with van der Waals surface area (Å²) in [5, 5.41) is 8.06. The quantitative estimate of drug-likeness (QED) is 0.828. The molecule has 1 aromatic rings. The van der Waals surface area contributed by atoms with Gasteiger partial charge in [0.05, 0.1) is 6.20 Å². The Morgan fingerprint density at radius 3 is 2.69 bits per heavy atom. The van der Waals surface area contributed by atoms with Gasteiger partial charge in [0, 0.05) is 29.9 Å². The van der Waals surface area contributed by atoms with Crippen molar-refractivity contribution >= 4 is 0 Å². The van der Waals surface area contributed by atoms with Crippen molar-refractivity contribution in [2.45, 2.75) is 64.6 Å². The van der Waals surface area contributed by atoms with Crippen LogP contribution >= 0.6 is 0 Å². The molecule has 0 radical (unpaired) electrons. The number of nitrogens with one attached hydrogen (secondary N) is 1. The van der Waals surface area contributed by atoms with Crippen LogP contribution in [-0.2, 0) is 6.54 Å². The Hall–Kier alpha value is -0.830. The topological polar surface area (TPSA) is 29.9 Å². The van der Waals surface area contributed by atoms with Gasteiger partial charge in [0.15, 0.2) is 0 Å². The zero-order valence-electron chi connectivity index (χ0n) is 10.7. The van der Waals surface area contributed by atoms with E-state index in [1.807, 2.05) is 10.9 Å². The van der Waals surface area contributed by atoms with Gasteiger partial charge >= 0.3 is 0 Å². The minimum atomic E-state index is 0.430. The maximum atomic E-state index is 4.36. The molecule has 1 N–H and O–H groups in total. The van der Waals surface area contributed by atoms with Crippen LogP contribution in [0.5, 0.6) is 0 Å². The lowest BCUT2D eigenvalue weighted by Crippen LogP contribution is -2.49. The molecule has 1 heterocycles. The second-order valence-corrected chi connectivity index (χ2v) is 5.26. The van der Waals surface area contributed by atoms with E-state index in [1.54, 1.807) is 0 Å². The fraction of sp³-hybridized carbons (Fsp3) is 0.769. The van der Waals surface area contributed by atoms with E-state index < -0.39 is 0 Å². The molecule has 16 heavy (non-hydrogen) atoms. The lowest BCUT2D eigenvalue weighted by molar-refractivity contribution is 0.175. The Morgan fingerprint density at radius 2 is 2.25 bits per heavy atom. The molecule has 0 atom stereocenters. The van der Waals surface area contributed by atoms with Gasteiger partial charge in [-0.3, -0.25) is 4.68 Å². The van der Waals surface area contributed by atoms with Crippen LogP contribution in [0, 0.1) is 0 Å². The molecule has 2 rings (SSSR count). The van der Waals surface area contributed by atoms with E-state index in [-0.39, 0.29) is 0 Å². The average Bonchev–Trinajstić information content (AvgIpc) is 2.65. The summed E-state index contributed by atoms with van der Waals surface area (Å²) in [5.74, 6) is 0. The van der Waals surface area contributed by atoms with Crippen LogP contribution in [0.4, 0.5) is 0 Å². The standard InChI is InChI=1S/C13H23N3/c1-4-13(6-5-7-13)14-8-12-9-15-16(10-12)11(2)3/h9-11,14H,4-8H2,1-3H3. The molecule has 1 saturated carbocycles. The van der Waals surface area contributed by atoms with Gasteiger partial charge in [0.1, 0.15) is 0 Å². The number of aromatic nitrogens is 2. The highest BCUT2D eigenvalue weighted by Gasteiger charge is 2.34. The van der Waals surface area contributed by atoms with Gasteiger partial charge in [-0.05, 0) is 39.5 Å². The maximum Gasteiger partial charge on any atom is 0.0534 e. The second-order valence-electron chi connectivity index (χ2n) is 5.26. The Bertz CT molecular complexity index is 331. The smallest absolute Gasteiger partial charge is 0.0534 e. The number of rotatable bonds is 5. The molecule has 3 heteroatoms. The van der Waals surface area contributed by atoms with Crippen LogP contribution in [-0.4, -0.2) is 15.3 Å². The number of nitrogens with zero attached hydrogens (tertiary/aromatic N) is 2. The fourth-order valence-electron chi connectivity index (χ4n) is 2.30. The molecule has 1 aliphatic rings. The predicted molar refractivity (Wildman–Crippen MR) is 66.3 cm³/mol.